The van der Waals surface area contributed by atoms with Crippen LogP contribution in [0.5, 0.6) is 5.75 Å². The van der Waals surface area contributed by atoms with Crippen molar-refractivity contribution in [2.24, 2.45) is 0 Å². The van der Waals surface area contributed by atoms with Crippen molar-refractivity contribution in [2.45, 2.75) is 13.3 Å². The predicted octanol–water partition coefficient (Wildman–Crippen LogP) is 3.38. The van der Waals surface area contributed by atoms with Crippen LogP contribution in [0, 0.1) is 0 Å². The second kappa shape index (κ2) is 7.93. The zero-order valence-electron chi connectivity index (χ0n) is 11.0. The van der Waals surface area contributed by atoms with Crippen LogP contribution >= 0.6 is 0 Å². The Morgan fingerprint density at radius 3 is 2.58 bits per heavy atom. The first-order valence-corrected chi connectivity index (χ1v) is 6.03. The molecule has 1 N–H and O–H groups in total. The van der Waals surface area contributed by atoms with Crippen LogP contribution in [0.2, 0.25) is 0 Å². The van der Waals surface area contributed by atoms with Gasteiger partial charge in [0.05, 0.1) is 6.42 Å². The Bertz CT molecular complexity index is 481. The van der Waals surface area contributed by atoms with Gasteiger partial charge in [0.15, 0.2) is 0 Å². The highest BCUT2D eigenvalue weighted by Gasteiger charge is 2.01. The van der Waals surface area contributed by atoms with Crippen molar-refractivity contribution in [3.05, 3.63) is 66.3 Å². The number of carboxylic acids is 1. The minimum absolute atomic E-state index is 0.0272. The van der Waals surface area contributed by atoms with E-state index >= 15 is 0 Å². The van der Waals surface area contributed by atoms with Gasteiger partial charge >= 0.3 is 5.97 Å². The Balaban J connectivity index is 2.58. The molecule has 1 aromatic carbocycles. The van der Waals surface area contributed by atoms with Gasteiger partial charge in [0.25, 0.3) is 0 Å². The average molecular weight is 258 g/mol. The maximum absolute atomic E-state index is 10.6. The zero-order valence-corrected chi connectivity index (χ0v) is 11.0. The van der Waals surface area contributed by atoms with Gasteiger partial charge in [-0.25, -0.2) is 0 Å². The number of rotatable bonds is 7. The summed E-state index contributed by atoms with van der Waals surface area (Å²) in [5, 5.41) is 8.67. The largest absolute Gasteiger partial charge is 0.489 e. The van der Waals surface area contributed by atoms with Gasteiger partial charge in [-0.05, 0) is 30.2 Å². The van der Waals surface area contributed by atoms with Crippen molar-refractivity contribution < 1.29 is 14.6 Å². The minimum atomic E-state index is -0.836. The van der Waals surface area contributed by atoms with E-state index in [4.69, 9.17) is 9.84 Å². The van der Waals surface area contributed by atoms with Crippen LogP contribution in [0.3, 0.4) is 0 Å². The Morgan fingerprint density at radius 2 is 2.05 bits per heavy atom. The lowest BCUT2D eigenvalue weighted by Crippen LogP contribution is -2.01. The number of carboxylic acid groups (broad SMARTS) is 1. The number of ether oxygens (including phenoxy) is 1. The Labute approximate surface area is 113 Å². The Hall–Kier alpha value is -2.29. The third kappa shape index (κ3) is 5.73. The quantitative estimate of drug-likeness (QED) is 0.763. The van der Waals surface area contributed by atoms with Gasteiger partial charge in [-0.3, -0.25) is 4.79 Å². The van der Waals surface area contributed by atoms with Gasteiger partial charge in [0, 0.05) is 0 Å². The predicted molar refractivity (Wildman–Crippen MR) is 76.4 cm³/mol. The third-order valence-corrected chi connectivity index (χ3v) is 2.45. The lowest BCUT2D eigenvalue weighted by atomic mass is 10.1. The van der Waals surface area contributed by atoms with Gasteiger partial charge in [-0.2, -0.15) is 0 Å². The Kier molecular flexibility index (Phi) is 6.16. The normalized spacial score (nSPS) is 11.5. The number of benzene rings is 1. The highest BCUT2D eigenvalue weighted by atomic mass is 16.5. The zero-order chi connectivity index (χ0) is 14.1. The molecule has 0 fully saturated rings. The summed E-state index contributed by atoms with van der Waals surface area (Å²) in [7, 11) is 0. The number of hydrogen-bond acceptors (Lipinski definition) is 2. The number of aliphatic carboxylic acids is 1. The van der Waals surface area contributed by atoms with E-state index in [1.807, 2.05) is 25.2 Å². The summed E-state index contributed by atoms with van der Waals surface area (Å²) in [6, 6.07) is 7.06. The van der Waals surface area contributed by atoms with Crippen LogP contribution in [-0.2, 0) is 11.2 Å². The SMILES string of the molecule is C=C/C(=C\C=C/C)COc1ccc(CC(=O)O)cc1. The smallest absolute Gasteiger partial charge is 0.307 e. The third-order valence-electron chi connectivity index (χ3n) is 2.45. The van der Waals surface area contributed by atoms with Crippen LogP contribution in [0.1, 0.15) is 12.5 Å². The second-order valence-corrected chi connectivity index (χ2v) is 3.97. The molecule has 0 atom stereocenters. The molecular weight excluding hydrogens is 240 g/mol. The molecule has 0 heterocycles. The van der Waals surface area contributed by atoms with Crippen LogP contribution in [0.25, 0.3) is 0 Å². The van der Waals surface area contributed by atoms with Crippen LogP contribution in [0.4, 0.5) is 0 Å². The van der Waals surface area contributed by atoms with Gasteiger partial charge in [-0.15, -0.1) is 0 Å². The van der Waals surface area contributed by atoms with E-state index in [-0.39, 0.29) is 6.42 Å². The molecule has 1 rings (SSSR count). The summed E-state index contributed by atoms with van der Waals surface area (Å²) in [5.41, 5.74) is 1.74. The molecule has 0 amide bonds. The second-order valence-electron chi connectivity index (χ2n) is 3.97. The lowest BCUT2D eigenvalue weighted by molar-refractivity contribution is -0.136. The van der Waals surface area contributed by atoms with Crippen LogP contribution in [0.15, 0.2) is 60.7 Å². The molecule has 0 aromatic heterocycles. The molecule has 0 radical (unpaired) electrons. The lowest BCUT2D eigenvalue weighted by Gasteiger charge is -2.07. The van der Waals surface area contributed by atoms with Crippen LogP contribution in [-0.4, -0.2) is 17.7 Å². The van der Waals surface area contributed by atoms with Gasteiger partial charge in [0.2, 0.25) is 0 Å². The molecular formula is C16H18O3. The molecule has 3 heteroatoms. The molecule has 0 bridgehead atoms. The van der Waals surface area contributed by atoms with E-state index in [1.54, 1.807) is 30.3 Å². The number of hydrogen-bond donors (Lipinski definition) is 1. The van der Waals surface area contributed by atoms with Crippen molar-refractivity contribution in [2.75, 3.05) is 6.61 Å². The van der Waals surface area contributed by atoms with E-state index in [2.05, 4.69) is 6.58 Å². The molecule has 100 valence electrons. The van der Waals surface area contributed by atoms with E-state index in [0.717, 1.165) is 11.1 Å². The standard InChI is InChI=1S/C16H18O3/c1-3-5-6-13(4-2)12-19-15-9-7-14(8-10-15)11-16(17)18/h3-10H,2,11-12H2,1H3,(H,17,18)/b5-3-,13-6+. The van der Waals surface area contributed by atoms with Crippen molar-refractivity contribution in [1.29, 1.82) is 0 Å². The number of allylic oxidation sites excluding steroid dienone is 3. The van der Waals surface area contributed by atoms with Crippen LogP contribution < -0.4 is 4.74 Å². The fourth-order valence-corrected chi connectivity index (χ4v) is 1.44. The van der Waals surface area contributed by atoms with E-state index in [9.17, 15) is 4.79 Å². The molecule has 0 saturated carbocycles. The summed E-state index contributed by atoms with van der Waals surface area (Å²) in [6.45, 7) is 6.11. The molecule has 0 aliphatic rings. The summed E-state index contributed by atoms with van der Waals surface area (Å²) >= 11 is 0. The molecule has 3 nitrogen and oxygen atoms in total. The van der Waals surface area contributed by atoms with E-state index in [1.165, 1.54) is 0 Å². The molecule has 0 aliphatic heterocycles. The summed E-state index contributed by atoms with van der Waals surface area (Å²) in [5.74, 6) is -0.126. The topological polar surface area (TPSA) is 46.5 Å². The molecule has 0 unspecified atom stereocenters. The average Bonchev–Trinajstić information content (AvgIpc) is 2.40. The van der Waals surface area contributed by atoms with Gasteiger partial charge in [-0.1, -0.05) is 43.0 Å². The first kappa shape index (κ1) is 14.8. The maximum atomic E-state index is 10.6. The first-order chi connectivity index (χ1) is 9.15. The maximum Gasteiger partial charge on any atom is 0.307 e. The van der Waals surface area contributed by atoms with E-state index < -0.39 is 5.97 Å². The van der Waals surface area contributed by atoms with E-state index in [0.29, 0.717) is 12.4 Å². The summed E-state index contributed by atoms with van der Waals surface area (Å²) in [4.78, 5) is 10.6. The molecule has 0 spiro atoms. The summed E-state index contributed by atoms with van der Waals surface area (Å²) < 4.78 is 5.60. The molecule has 0 saturated heterocycles. The fourth-order valence-electron chi connectivity index (χ4n) is 1.44. The monoisotopic (exact) mass is 258 g/mol. The van der Waals surface area contributed by atoms with Crippen molar-refractivity contribution >= 4 is 5.97 Å². The van der Waals surface area contributed by atoms with Crippen molar-refractivity contribution in [3.8, 4) is 5.75 Å². The highest BCUT2D eigenvalue weighted by molar-refractivity contribution is 5.70. The highest BCUT2D eigenvalue weighted by Crippen LogP contribution is 2.14. The van der Waals surface area contributed by atoms with Crippen molar-refractivity contribution in [3.63, 3.8) is 0 Å². The molecule has 19 heavy (non-hydrogen) atoms. The first-order valence-electron chi connectivity index (χ1n) is 6.03. The van der Waals surface area contributed by atoms with Crippen molar-refractivity contribution in [1.82, 2.24) is 0 Å². The number of carbonyl (C=O) groups is 1. The Morgan fingerprint density at radius 1 is 1.37 bits per heavy atom. The summed E-state index contributed by atoms with van der Waals surface area (Å²) in [6.07, 6.45) is 7.57. The fraction of sp³-hybridized carbons (Fsp3) is 0.188. The van der Waals surface area contributed by atoms with Gasteiger partial charge in [0.1, 0.15) is 12.4 Å². The van der Waals surface area contributed by atoms with Gasteiger partial charge < -0.3 is 9.84 Å². The molecule has 1 aromatic rings. The minimum Gasteiger partial charge on any atom is -0.489 e. The molecule has 0 aliphatic carbocycles.